The number of ether oxygens (including phenoxy) is 2. The minimum absolute atomic E-state index is 0.0151. The second kappa shape index (κ2) is 8.84. The number of halogens is 1. The molecule has 0 amide bonds. The zero-order chi connectivity index (χ0) is 22.9. The van der Waals surface area contributed by atoms with E-state index in [0.29, 0.717) is 41.1 Å². The zero-order valence-electron chi connectivity index (χ0n) is 18.8. The maximum atomic E-state index is 14.2. The fourth-order valence-corrected chi connectivity index (χ4v) is 4.67. The van der Waals surface area contributed by atoms with Crippen LogP contribution >= 0.6 is 0 Å². The highest BCUT2D eigenvalue weighted by Gasteiger charge is 2.31. The maximum absolute atomic E-state index is 14.2. The van der Waals surface area contributed by atoms with Gasteiger partial charge in [0.15, 0.2) is 0 Å². The lowest BCUT2D eigenvalue weighted by Crippen LogP contribution is -2.24. The Hall–Kier alpha value is -3.42. The Balaban J connectivity index is 1.68. The van der Waals surface area contributed by atoms with Crippen molar-refractivity contribution in [3.8, 4) is 5.75 Å². The van der Waals surface area contributed by atoms with Crippen molar-refractivity contribution in [2.24, 2.45) is 0 Å². The van der Waals surface area contributed by atoms with Gasteiger partial charge in [-0.1, -0.05) is 0 Å². The third-order valence-electron chi connectivity index (χ3n) is 6.27. The average molecular weight is 451 g/mol. The Morgan fingerprint density at radius 3 is 3.03 bits per heavy atom. The first-order chi connectivity index (χ1) is 16.0. The number of hydrogen-bond acceptors (Lipinski definition) is 7. The minimum Gasteiger partial charge on any atom is -0.493 e. The fraction of sp³-hybridized carbons (Fsp3) is 0.400. The van der Waals surface area contributed by atoms with Crippen molar-refractivity contribution < 1.29 is 18.7 Å². The van der Waals surface area contributed by atoms with Crippen LogP contribution in [0.4, 0.5) is 15.9 Å². The Kier molecular flexibility index (Phi) is 5.74. The molecule has 0 aliphatic carbocycles. The topological polar surface area (TPSA) is 76.6 Å². The lowest BCUT2D eigenvalue weighted by molar-refractivity contribution is 0.0527. The molecule has 1 saturated heterocycles. The number of nitrogens with one attached hydrogen (secondary N) is 1. The van der Waals surface area contributed by atoms with Gasteiger partial charge in [0.25, 0.3) is 0 Å². The number of aromatic nitrogens is 2. The number of benzene rings is 1. The number of fused-ring (bicyclic) bond motifs is 5. The highest BCUT2D eigenvalue weighted by Crippen LogP contribution is 2.41. The van der Waals surface area contributed by atoms with Gasteiger partial charge in [0.05, 0.1) is 30.5 Å². The summed E-state index contributed by atoms with van der Waals surface area (Å²) in [5.41, 5.74) is 3.13. The predicted molar refractivity (Wildman–Crippen MR) is 124 cm³/mol. The molecule has 3 aromatic rings. The molecule has 0 spiro atoms. The van der Waals surface area contributed by atoms with Crippen molar-refractivity contribution >= 4 is 28.5 Å². The summed E-state index contributed by atoms with van der Waals surface area (Å²) < 4.78 is 25.6. The highest BCUT2D eigenvalue weighted by atomic mass is 19.1. The predicted octanol–water partition coefficient (Wildman–Crippen LogP) is 4.87. The molecule has 0 saturated carbocycles. The summed E-state index contributed by atoms with van der Waals surface area (Å²) in [4.78, 5) is 24.3. The zero-order valence-corrected chi connectivity index (χ0v) is 18.8. The van der Waals surface area contributed by atoms with Crippen LogP contribution in [0.25, 0.3) is 11.0 Å². The number of esters is 1. The van der Waals surface area contributed by atoms with Crippen LogP contribution in [0, 0.1) is 5.82 Å². The standard InChI is InChI=1S/C25H27FN4O3/c1-3-32-25(31)18-14-27-19-7-9-22-29-24(19)23(18)28-15(2)10-12-33-21-8-6-16(26)13-17(21)20-5-4-11-30(20)22/h6-9,13-15,20,28H,3-5,10-12H2,1-2H3/t15-,20-/m1/s1. The van der Waals surface area contributed by atoms with Gasteiger partial charge in [-0.05, 0) is 57.0 Å². The Morgan fingerprint density at radius 2 is 2.18 bits per heavy atom. The molecule has 0 unspecified atom stereocenters. The lowest BCUT2D eigenvalue weighted by Gasteiger charge is -2.28. The van der Waals surface area contributed by atoms with Crippen molar-refractivity contribution in [1.29, 1.82) is 0 Å². The van der Waals surface area contributed by atoms with Crippen molar-refractivity contribution in [2.45, 2.75) is 45.2 Å². The molecule has 0 radical (unpaired) electrons. The van der Waals surface area contributed by atoms with Gasteiger partial charge in [0, 0.05) is 30.8 Å². The second-order valence-electron chi connectivity index (χ2n) is 8.52. The molecule has 33 heavy (non-hydrogen) atoms. The van der Waals surface area contributed by atoms with Crippen molar-refractivity contribution in [2.75, 3.05) is 30.0 Å². The molecule has 1 N–H and O–H groups in total. The molecular formula is C25H27FN4O3. The van der Waals surface area contributed by atoms with Crippen LogP contribution in [0.2, 0.25) is 0 Å². The first kappa shape index (κ1) is 21.4. The maximum Gasteiger partial charge on any atom is 0.341 e. The smallest absolute Gasteiger partial charge is 0.341 e. The van der Waals surface area contributed by atoms with Gasteiger partial charge >= 0.3 is 5.97 Å². The van der Waals surface area contributed by atoms with Crippen LogP contribution in [0.15, 0.2) is 36.5 Å². The van der Waals surface area contributed by atoms with Crippen LogP contribution in [0.5, 0.6) is 5.75 Å². The normalized spacial score (nSPS) is 20.0. The summed E-state index contributed by atoms with van der Waals surface area (Å²) in [7, 11) is 0. The summed E-state index contributed by atoms with van der Waals surface area (Å²) in [5, 5.41) is 3.45. The Bertz CT molecular complexity index is 1200. The van der Waals surface area contributed by atoms with Gasteiger partial charge in [0.2, 0.25) is 0 Å². The van der Waals surface area contributed by atoms with Crippen LogP contribution in [-0.2, 0) is 4.74 Å². The van der Waals surface area contributed by atoms with E-state index in [-0.39, 0.29) is 24.5 Å². The summed E-state index contributed by atoms with van der Waals surface area (Å²) in [5.74, 6) is 0.752. The number of rotatable bonds is 2. The van der Waals surface area contributed by atoms with E-state index in [1.54, 1.807) is 25.3 Å². The van der Waals surface area contributed by atoms with Gasteiger partial charge in [-0.2, -0.15) is 0 Å². The number of pyridine rings is 2. The largest absolute Gasteiger partial charge is 0.493 e. The molecule has 7 nitrogen and oxygen atoms in total. The molecule has 2 aliphatic heterocycles. The lowest BCUT2D eigenvalue weighted by atomic mass is 10.0. The second-order valence-corrected chi connectivity index (χ2v) is 8.52. The Labute approximate surface area is 191 Å². The van der Waals surface area contributed by atoms with Crippen LogP contribution in [-0.4, -0.2) is 41.7 Å². The number of nitrogens with zero attached hydrogens (tertiary/aromatic N) is 3. The van der Waals surface area contributed by atoms with E-state index in [1.807, 2.05) is 19.1 Å². The summed E-state index contributed by atoms with van der Waals surface area (Å²) in [6.07, 6.45) is 4.06. The molecule has 1 fully saturated rings. The fourth-order valence-electron chi connectivity index (χ4n) is 4.67. The van der Waals surface area contributed by atoms with E-state index in [2.05, 4.69) is 15.2 Å². The quantitative estimate of drug-likeness (QED) is 0.558. The molecule has 2 atom stereocenters. The monoisotopic (exact) mass is 450 g/mol. The molecule has 8 heteroatoms. The minimum atomic E-state index is -0.434. The van der Waals surface area contributed by atoms with Gasteiger partial charge in [-0.25, -0.2) is 14.2 Å². The summed E-state index contributed by atoms with van der Waals surface area (Å²) >= 11 is 0. The van der Waals surface area contributed by atoms with Gasteiger partial charge in [-0.15, -0.1) is 0 Å². The molecule has 4 heterocycles. The van der Waals surface area contributed by atoms with Crippen LogP contribution in [0.3, 0.4) is 0 Å². The van der Waals surface area contributed by atoms with Crippen LogP contribution < -0.4 is 15.0 Å². The third kappa shape index (κ3) is 4.05. The number of hydrogen-bond donors (Lipinski definition) is 1. The van der Waals surface area contributed by atoms with Gasteiger partial charge < -0.3 is 19.7 Å². The molecule has 2 aromatic heterocycles. The molecular weight excluding hydrogens is 423 g/mol. The van der Waals surface area contributed by atoms with Crippen LogP contribution in [0.1, 0.15) is 55.1 Å². The Morgan fingerprint density at radius 1 is 1.30 bits per heavy atom. The van der Waals surface area contributed by atoms with Gasteiger partial charge in [0.1, 0.15) is 28.5 Å². The highest BCUT2D eigenvalue weighted by molar-refractivity contribution is 6.03. The number of carbonyl (C=O) groups excluding carboxylic acids is 1. The van der Waals surface area contributed by atoms with E-state index in [1.165, 1.54) is 6.07 Å². The molecule has 1 aromatic carbocycles. The van der Waals surface area contributed by atoms with Crippen molar-refractivity contribution in [3.05, 3.63) is 53.5 Å². The van der Waals surface area contributed by atoms with E-state index in [9.17, 15) is 9.18 Å². The van der Waals surface area contributed by atoms with Crippen molar-refractivity contribution in [3.63, 3.8) is 0 Å². The summed E-state index contributed by atoms with van der Waals surface area (Å²) in [6.45, 7) is 5.32. The average Bonchev–Trinajstić information content (AvgIpc) is 3.29. The molecule has 2 aliphatic rings. The molecule has 2 bridgehead atoms. The SMILES string of the molecule is CCOC(=O)c1cnc2ccc3nc2c1N[C@H](C)CCOc1ccc(F)cc1[C@H]1CCCN31. The molecule has 5 rings (SSSR count). The third-order valence-corrected chi connectivity index (χ3v) is 6.27. The first-order valence-electron chi connectivity index (χ1n) is 11.5. The first-order valence-corrected chi connectivity index (χ1v) is 11.5. The van der Waals surface area contributed by atoms with E-state index < -0.39 is 5.97 Å². The van der Waals surface area contributed by atoms with E-state index in [0.717, 1.165) is 30.8 Å². The molecule has 172 valence electrons. The van der Waals surface area contributed by atoms with Crippen molar-refractivity contribution in [1.82, 2.24) is 9.97 Å². The van der Waals surface area contributed by atoms with E-state index >= 15 is 0 Å². The van der Waals surface area contributed by atoms with Gasteiger partial charge in [-0.3, -0.25) is 4.98 Å². The van der Waals surface area contributed by atoms with E-state index in [4.69, 9.17) is 14.5 Å². The number of anilines is 2. The summed E-state index contributed by atoms with van der Waals surface area (Å²) in [6, 6.07) is 8.52. The number of carbonyl (C=O) groups is 1.